The molecule has 2 aromatic rings. The molecular weight excluding hydrogens is 508 g/mol. The van der Waals surface area contributed by atoms with Gasteiger partial charge in [0.1, 0.15) is 6.17 Å². The number of nitrogens with one attached hydrogen (secondary N) is 3. The van der Waals surface area contributed by atoms with E-state index >= 15 is 0 Å². The molecule has 7 nitrogen and oxygen atoms in total. The zero-order chi connectivity index (χ0) is 23.2. The number of hydrogen-bond donors (Lipinski definition) is 3. The summed E-state index contributed by atoms with van der Waals surface area (Å²) >= 11 is 29.5. The Morgan fingerprint density at radius 2 is 1.58 bits per heavy atom. The van der Waals surface area contributed by atoms with Gasteiger partial charge in [-0.1, -0.05) is 58.5 Å². The standard InChI is InChI=1S/C19H19Cl4N3O4S/c1-28-13-8-10(9-14(29-2)15(13)30-3)16(27)25-17(19(21,22)23)26-18(31)24-12-7-5-4-6-11(12)20/h4-9,17H,1-3H3,(H,25,27)(H2,24,26,31)/t17-/m0/s1. The Morgan fingerprint density at radius 3 is 2.06 bits per heavy atom. The zero-order valence-electron chi connectivity index (χ0n) is 16.6. The topological polar surface area (TPSA) is 80.9 Å². The highest BCUT2D eigenvalue weighted by atomic mass is 35.6. The third kappa shape index (κ3) is 6.82. The molecule has 1 amide bonds. The molecule has 168 valence electrons. The lowest BCUT2D eigenvalue weighted by molar-refractivity contribution is 0.0933. The van der Waals surface area contributed by atoms with Crippen molar-refractivity contribution in [2.75, 3.05) is 26.6 Å². The second-order valence-electron chi connectivity index (χ2n) is 5.94. The molecule has 2 rings (SSSR count). The molecule has 0 aliphatic heterocycles. The summed E-state index contributed by atoms with van der Waals surface area (Å²) in [6.07, 6.45) is -1.19. The summed E-state index contributed by atoms with van der Waals surface area (Å²) in [5.41, 5.74) is 0.723. The number of benzene rings is 2. The number of carbonyl (C=O) groups excluding carboxylic acids is 1. The first kappa shape index (κ1) is 25.4. The maximum Gasteiger partial charge on any atom is 0.253 e. The van der Waals surface area contributed by atoms with Crippen LogP contribution in [0.1, 0.15) is 10.4 Å². The Labute approximate surface area is 205 Å². The van der Waals surface area contributed by atoms with Gasteiger partial charge in [-0.25, -0.2) is 0 Å². The van der Waals surface area contributed by atoms with Gasteiger partial charge in [0, 0.05) is 5.56 Å². The molecule has 0 saturated heterocycles. The number of anilines is 1. The molecule has 2 aromatic carbocycles. The van der Waals surface area contributed by atoms with Crippen molar-refractivity contribution in [3.05, 3.63) is 47.0 Å². The van der Waals surface area contributed by atoms with Gasteiger partial charge in [0.25, 0.3) is 5.91 Å². The van der Waals surface area contributed by atoms with Crippen molar-refractivity contribution in [2.45, 2.75) is 9.96 Å². The van der Waals surface area contributed by atoms with Crippen LogP contribution in [-0.4, -0.2) is 42.3 Å². The fraction of sp³-hybridized carbons (Fsp3) is 0.263. The van der Waals surface area contributed by atoms with Crippen LogP contribution >= 0.6 is 58.6 Å². The van der Waals surface area contributed by atoms with E-state index in [0.717, 1.165) is 0 Å². The Bertz CT molecular complexity index is 931. The third-order valence-electron chi connectivity index (χ3n) is 3.93. The summed E-state index contributed by atoms with van der Waals surface area (Å²) in [5.74, 6) is 0.342. The Balaban J connectivity index is 2.22. The van der Waals surface area contributed by atoms with E-state index in [0.29, 0.717) is 28.0 Å². The van der Waals surface area contributed by atoms with Crippen molar-refractivity contribution in [3.8, 4) is 17.2 Å². The number of ether oxygens (including phenoxy) is 3. The maximum atomic E-state index is 12.9. The van der Waals surface area contributed by atoms with Gasteiger partial charge in [-0.05, 0) is 36.5 Å². The van der Waals surface area contributed by atoms with E-state index < -0.39 is 15.9 Å². The first-order valence-corrected chi connectivity index (χ1v) is 10.5. The van der Waals surface area contributed by atoms with E-state index in [1.807, 2.05) is 0 Å². The SMILES string of the molecule is COc1cc(C(=O)N[C@@H](NC(=S)Nc2ccccc2Cl)C(Cl)(Cl)Cl)cc(OC)c1OC. The van der Waals surface area contributed by atoms with Gasteiger partial charge in [0.15, 0.2) is 16.6 Å². The summed E-state index contributed by atoms with van der Waals surface area (Å²) in [7, 11) is 4.32. The molecule has 1 atom stereocenters. The molecular formula is C19H19Cl4N3O4S. The molecule has 0 radical (unpaired) electrons. The average Bonchev–Trinajstić information content (AvgIpc) is 2.72. The van der Waals surface area contributed by atoms with E-state index in [1.165, 1.54) is 33.5 Å². The number of hydrogen-bond acceptors (Lipinski definition) is 5. The normalized spacial score (nSPS) is 11.8. The molecule has 31 heavy (non-hydrogen) atoms. The van der Waals surface area contributed by atoms with Gasteiger partial charge < -0.3 is 30.2 Å². The van der Waals surface area contributed by atoms with Crippen LogP contribution in [0.2, 0.25) is 5.02 Å². The van der Waals surface area contributed by atoms with E-state index in [2.05, 4.69) is 16.0 Å². The number of rotatable bonds is 7. The molecule has 0 aliphatic rings. The van der Waals surface area contributed by atoms with Gasteiger partial charge in [0.2, 0.25) is 9.54 Å². The van der Waals surface area contributed by atoms with Crippen molar-refractivity contribution in [1.82, 2.24) is 10.6 Å². The van der Waals surface area contributed by atoms with Crippen molar-refractivity contribution in [3.63, 3.8) is 0 Å². The Morgan fingerprint density at radius 1 is 1.00 bits per heavy atom. The van der Waals surface area contributed by atoms with Crippen LogP contribution < -0.4 is 30.2 Å². The fourth-order valence-electron chi connectivity index (χ4n) is 2.48. The summed E-state index contributed by atoms with van der Waals surface area (Å²) in [6.45, 7) is 0. The molecule has 0 unspecified atom stereocenters. The number of alkyl halides is 3. The molecule has 0 aliphatic carbocycles. The first-order valence-electron chi connectivity index (χ1n) is 8.60. The lowest BCUT2D eigenvalue weighted by atomic mass is 10.1. The van der Waals surface area contributed by atoms with Gasteiger partial charge in [-0.2, -0.15) is 0 Å². The summed E-state index contributed by atoms with van der Waals surface area (Å²) in [5, 5.41) is 8.75. The summed E-state index contributed by atoms with van der Waals surface area (Å²) < 4.78 is 13.8. The summed E-state index contributed by atoms with van der Waals surface area (Å²) in [4.78, 5) is 12.9. The molecule has 12 heteroatoms. The maximum absolute atomic E-state index is 12.9. The van der Waals surface area contributed by atoms with Crippen LogP contribution in [0.25, 0.3) is 0 Å². The molecule has 0 spiro atoms. The zero-order valence-corrected chi connectivity index (χ0v) is 20.4. The third-order valence-corrected chi connectivity index (χ3v) is 5.13. The highest BCUT2D eigenvalue weighted by molar-refractivity contribution is 7.80. The number of amides is 1. The predicted molar refractivity (Wildman–Crippen MR) is 128 cm³/mol. The molecule has 0 aromatic heterocycles. The van der Waals surface area contributed by atoms with Gasteiger partial charge in [-0.3, -0.25) is 4.79 Å². The minimum atomic E-state index is -1.94. The van der Waals surface area contributed by atoms with Gasteiger partial charge in [-0.15, -0.1) is 0 Å². The fourth-order valence-corrected chi connectivity index (χ4v) is 3.22. The highest BCUT2D eigenvalue weighted by Crippen LogP contribution is 2.38. The lowest BCUT2D eigenvalue weighted by Crippen LogP contribution is -2.56. The molecule has 3 N–H and O–H groups in total. The van der Waals surface area contributed by atoms with Crippen molar-refractivity contribution >= 4 is 75.3 Å². The smallest absolute Gasteiger partial charge is 0.253 e. The van der Waals surface area contributed by atoms with Crippen molar-refractivity contribution in [1.29, 1.82) is 0 Å². The minimum Gasteiger partial charge on any atom is -0.493 e. The van der Waals surface area contributed by atoms with E-state index in [9.17, 15) is 4.79 Å². The lowest BCUT2D eigenvalue weighted by Gasteiger charge is -2.28. The van der Waals surface area contributed by atoms with Gasteiger partial charge in [0.05, 0.1) is 32.0 Å². The quantitative estimate of drug-likeness (QED) is 0.272. The van der Waals surface area contributed by atoms with Gasteiger partial charge >= 0.3 is 0 Å². The number of thiocarbonyl (C=S) groups is 1. The number of para-hydroxylation sites is 1. The second kappa shape index (κ2) is 11.2. The largest absolute Gasteiger partial charge is 0.493 e. The Hall–Kier alpha value is -1.84. The van der Waals surface area contributed by atoms with Crippen LogP contribution in [0.4, 0.5) is 5.69 Å². The van der Waals surface area contributed by atoms with Crippen LogP contribution in [0.15, 0.2) is 36.4 Å². The van der Waals surface area contributed by atoms with Crippen LogP contribution in [-0.2, 0) is 0 Å². The number of halogens is 4. The average molecular weight is 527 g/mol. The highest BCUT2D eigenvalue weighted by Gasteiger charge is 2.35. The van der Waals surface area contributed by atoms with Crippen LogP contribution in [0, 0.1) is 0 Å². The molecule has 0 bridgehead atoms. The van der Waals surface area contributed by atoms with Crippen molar-refractivity contribution < 1.29 is 19.0 Å². The number of methoxy groups -OCH3 is 3. The monoisotopic (exact) mass is 525 g/mol. The van der Waals surface area contributed by atoms with Crippen molar-refractivity contribution in [2.24, 2.45) is 0 Å². The molecule has 0 fully saturated rings. The van der Waals surface area contributed by atoms with E-state index in [4.69, 9.17) is 72.8 Å². The molecule has 0 heterocycles. The summed E-state index contributed by atoms with van der Waals surface area (Å²) in [6, 6.07) is 9.88. The second-order valence-corrected chi connectivity index (χ2v) is 9.12. The van der Waals surface area contributed by atoms with Crippen LogP contribution in [0.5, 0.6) is 17.2 Å². The van der Waals surface area contributed by atoms with Crippen LogP contribution in [0.3, 0.4) is 0 Å². The first-order chi connectivity index (χ1) is 14.6. The minimum absolute atomic E-state index is 0.0783. The Kier molecular flexibility index (Phi) is 9.14. The number of carbonyl (C=O) groups is 1. The predicted octanol–water partition coefficient (Wildman–Crippen LogP) is 4.78. The van der Waals surface area contributed by atoms with E-state index in [1.54, 1.807) is 24.3 Å². The van der Waals surface area contributed by atoms with E-state index in [-0.39, 0.29) is 10.7 Å². The molecule has 0 saturated carbocycles.